The lowest BCUT2D eigenvalue weighted by molar-refractivity contribution is -0.159. The van der Waals surface area contributed by atoms with Gasteiger partial charge in [-0.05, 0) is 24.1 Å². The van der Waals surface area contributed by atoms with Crippen molar-refractivity contribution in [2.24, 2.45) is 5.92 Å². The van der Waals surface area contributed by atoms with Gasteiger partial charge in [0.05, 0.1) is 18.8 Å². The lowest BCUT2D eigenvalue weighted by Crippen LogP contribution is -2.50. The minimum atomic E-state index is -2.11. The molecule has 6 N–H and O–H groups in total. The van der Waals surface area contributed by atoms with E-state index < -0.39 is 66.6 Å². The van der Waals surface area contributed by atoms with Crippen LogP contribution in [0.4, 0.5) is 0 Å². The summed E-state index contributed by atoms with van der Waals surface area (Å²) in [7, 11) is 0. The Morgan fingerprint density at radius 2 is 1.39 bits per heavy atom. The van der Waals surface area contributed by atoms with E-state index in [1.165, 1.54) is 24.3 Å². The van der Waals surface area contributed by atoms with E-state index in [1.54, 1.807) is 0 Å². The summed E-state index contributed by atoms with van der Waals surface area (Å²) in [4.78, 5) is 69.5. The minimum Gasteiger partial charge on any atom is -0.481 e. The Balaban J connectivity index is 3.03. The fourth-order valence-electron chi connectivity index (χ4n) is 3.17. The van der Waals surface area contributed by atoms with Gasteiger partial charge >= 0.3 is 23.9 Å². The van der Waals surface area contributed by atoms with Gasteiger partial charge in [-0.1, -0.05) is 31.9 Å². The number of carbonyl (C=O) groups is 6. The van der Waals surface area contributed by atoms with Crippen molar-refractivity contribution in [3.05, 3.63) is 29.8 Å². The van der Waals surface area contributed by atoms with Crippen LogP contribution in [-0.2, 0) is 35.2 Å². The molecule has 0 bridgehead atoms. The molecule has 0 aliphatic heterocycles. The molecule has 1 aromatic carbocycles. The molecule has 0 aromatic heterocycles. The topological polar surface area (TPSA) is 217 Å². The van der Waals surface area contributed by atoms with E-state index in [0.717, 1.165) is 12.8 Å². The molecule has 0 saturated heterocycles. The fourth-order valence-corrected chi connectivity index (χ4v) is 3.17. The van der Waals surface area contributed by atoms with Crippen LogP contribution in [0, 0.1) is 5.92 Å². The van der Waals surface area contributed by atoms with E-state index in [4.69, 9.17) is 25.2 Å². The third-order valence-electron chi connectivity index (χ3n) is 4.99. The van der Waals surface area contributed by atoms with Gasteiger partial charge in [0.25, 0.3) is 6.10 Å². The number of carboxylic acid groups (broad SMARTS) is 4. The SMILES string of the molecule is CCCCCNC(=O)C(Cc1ccc(OC(C(=O)O)C(=O)O)cc1)NC(=O)C(CC(=O)O)CC(=O)O. The maximum Gasteiger partial charge on any atom is 0.356 e. The number of carbonyl (C=O) groups excluding carboxylic acids is 2. The monoisotopic (exact) mass is 510 g/mol. The summed E-state index contributed by atoms with van der Waals surface area (Å²) in [5.74, 6) is -9.02. The summed E-state index contributed by atoms with van der Waals surface area (Å²) in [6, 6.07) is 4.30. The largest absolute Gasteiger partial charge is 0.481 e. The highest BCUT2D eigenvalue weighted by molar-refractivity contribution is 5.96. The Bertz CT molecular complexity index is 916. The standard InChI is InChI=1S/C23H30N2O11/c1-2-3-4-9-24-21(31)16(25-20(30)14(11-17(26)27)12-18(28)29)10-13-5-7-15(8-6-13)36-19(22(32)33)23(34)35/h5-8,14,16,19H,2-4,9-12H2,1H3,(H,24,31)(H,25,30)(H,26,27)(H,28,29)(H,32,33)(H,34,35). The Labute approximate surface area is 206 Å². The minimum absolute atomic E-state index is 0.0545. The van der Waals surface area contributed by atoms with Crippen LogP contribution in [0.1, 0.15) is 44.6 Å². The molecule has 1 rings (SSSR count). The van der Waals surface area contributed by atoms with Crippen LogP contribution < -0.4 is 15.4 Å². The van der Waals surface area contributed by atoms with Crippen LogP contribution in [-0.4, -0.2) is 74.8 Å². The molecule has 1 aromatic rings. The molecule has 13 nitrogen and oxygen atoms in total. The number of benzene rings is 1. The maximum atomic E-state index is 12.8. The quantitative estimate of drug-likeness (QED) is 0.125. The van der Waals surface area contributed by atoms with Gasteiger partial charge in [-0.15, -0.1) is 0 Å². The van der Waals surface area contributed by atoms with Crippen LogP contribution >= 0.6 is 0 Å². The summed E-state index contributed by atoms with van der Waals surface area (Å²) < 4.78 is 4.93. The molecule has 1 unspecified atom stereocenters. The summed E-state index contributed by atoms with van der Waals surface area (Å²) in [6.45, 7) is 2.32. The first-order valence-electron chi connectivity index (χ1n) is 11.2. The second kappa shape index (κ2) is 15.0. The van der Waals surface area contributed by atoms with Gasteiger partial charge in [0.15, 0.2) is 0 Å². The van der Waals surface area contributed by atoms with Crippen LogP contribution in [0.2, 0.25) is 0 Å². The van der Waals surface area contributed by atoms with Crippen molar-refractivity contribution in [2.45, 2.75) is 57.6 Å². The molecule has 0 heterocycles. The van der Waals surface area contributed by atoms with Crippen molar-refractivity contribution in [1.82, 2.24) is 10.6 Å². The van der Waals surface area contributed by atoms with E-state index in [1.807, 2.05) is 6.92 Å². The molecule has 2 amide bonds. The van der Waals surface area contributed by atoms with Crippen molar-refractivity contribution < 1.29 is 53.9 Å². The predicted molar refractivity (Wildman–Crippen MR) is 122 cm³/mol. The zero-order chi connectivity index (χ0) is 27.3. The van der Waals surface area contributed by atoms with Gasteiger partial charge in [-0.3, -0.25) is 19.2 Å². The Morgan fingerprint density at radius 1 is 0.833 bits per heavy atom. The van der Waals surface area contributed by atoms with Gasteiger partial charge in [0, 0.05) is 13.0 Å². The average Bonchev–Trinajstić information content (AvgIpc) is 2.79. The van der Waals surface area contributed by atoms with E-state index in [0.29, 0.717) is 18.5 Å². The molecular formula is C23H30N2O11. The van der Waals surface area contributed by atoms with E-state index in [9.17, 15) is 28.8 Å². The second-order valence-corrected chi connectivity index (χ2v) is 7.97. The van der Waals surface area contributed by atoms with Gasteiger partial charge in [0.1, 0.15) is 11.8 Å². The third kappa shape index (κ3) is 10.8. The van der Waals surface area contributed by atoms with E-state index >= 15 is 0 Å². The number of nitrogens with one attached hydrogen (secondary N) is 2. The van der Waals surface area contributed by atoms with Crippen molar-refractivity contribution in [3.63, 3.8) is 0 Å². The van der Waals surface area contributed by atoms with E-state index in [2.05, 4.69) is 10.6 Å². The first kappa shape index (κ1) is 29.9. The second-order valence-electron chi connectivity index (χ2n) is 7.97. The van der Waals surface area contributed by atoms with Crippen molar-refractivity contribution >= 4 is 35.7 Å². The smallest absolute Gasteiger partial charge is 0.356 e. The molecule has 0 aliphatic carbocycles. The summed E-state index contributed by atoms with van der Waals surface area (Å²) in [5.41, 5.74) is 0.478. The number of hydrogen-bond donors (Lipinski definition) is 6. The number of hydrogen-bond acceptors (Lipinski definition) is 7. The Hall–Kier alpha value is -4.16. The van der Waals surface area contributed by atoms with Crippen LogP contribution in [0.5, 0.6) is 5.75 Å². The number of amides is 2. The van der Waals surface area contributed by atoms with Gasteiger partial charge < -0.3 is 35.8 Å². The highest BCUT2D eigenvalue weighted by Crippen LogP contribution is 2.16. The summed E-state index contributed by atoms with van der Waals surface area (Å²) >= 11 is 0. The van der Waals surface area contributed by atoms with Crippen molar-refractivity contribution in [3.8, 4) is 5.75 Å². The highest BCUT2D eigenvalue weighted by Gasteiger charge is 2.30. The molecule has 0 fully saturated rings. The normalized spacial score (nSPS) is 11.5. The number of carboxylic acids is 4. The number of ether oxygens (including phenoxy) is 1. The van der Waals surface area contributed by atoms with Gasteiger partial charge in [0.2, 0.25) is 11.8 Å². The molecule has 198 valence electrons. The molecule has 0 aliphatic rings. The first-order valence-corrected chi connectivity index (χ1v) is 11.2. The molecule has 1 atom stereocenters. The molecule has 36 heavy (non-hydrogen) atoms. The summed E-state index contributed by atoms with van der Waals surface area (Å²) in [5, 5.41) is 41.0. The molecule has 0 radical (unpaired) electrons. The van der Waals surface area contributed by atoms with Crippen LogP contribution in [0.3, 0.4) is 0 Å². The van der Waals surface area contributed by atoms with Crippen molar-refractivity contribution in [2.75, 3.05) is 6.54 Å². The van der Waals surface area contributed by atoms with Crippen LogP contribution in [0.25, 0.3) is 0 Å². The van der Waals surface area contributed by atoms with Crippen molar-refractivity contribution in [1.29, 1.82) is 0 Å². The Morgan fingerprint density at radius 3 is 1.86 bits per heavy atom. The lowest BCUT2D eigenvalue weighted by Gasteiger charge is -2.21. The third-order valence-corrected chi connectivity index (χ3v) is 4.99. The number of unbranched alkanes of at least 4 members (excludes halogenated alkanes) is 2. The Kier molecular flexibility index (Phi) is 12.4. The molecule has 13 heteroatoms. The zero-order valence-electron chi connectivity index (χ0n) is 19.6. The fraction of sp³-hybridized carbons (Fsp3) is 0.478. The molecular weight excluding hydrogens is 480 g/mol. The van der Waals surface area contributed by atoms with Gasteiger partial charge in [-0.25, -0.2) is 9.59 Å². The van der Waals surface area contributed by atoms with Crippen LogP contribution in [0.15, 0.2) is 24.3 Å². The number of aliphatic carboxylic acids is 4. The lowest BCUT2D eigenvalue weighted by atomic mass is 9.98. The van der Waals surface area contributed by atoms with Gasteiger partial charge in [-0.2, -0.15) is 0 Å². The highest BCUT2D eigenvalue weighted by atomic mass is 16.5. The zero-order valence-corrected chi connectivity index (χ0v) is 19.6. The maximum absolute atomic E-state index is 12.8. The number of rotatable bonds is 17. The van der Waals surface area contributed by atoms with E-state index in [-0.39, 0.29) is 12.2 Å². The predicted octanol–water partition coefficient (Wildman–Crippen LogP) is 0.503. The summed E-state index contributed by atoms with van der Waals surface area (Å²) in [6.07, 6.45) is -1.17. The molecule has 0 saturated carbocycles. The average molecular weight is 510 g/mol. The molecule has 0 spiro atoms. The first-order chi connectivity index (χ1) is 16.9.